The van der Waals surface area contributed by atoms with Crippen LogP contribution < -0.4 is 10.6 Å². The van der Waals surface area contributed by atoms with E-state index in [-0.39, 0.29) is 0 Å². The zero-order valence-corrected chi connectivity index (χ0v) is 10.7. The second-order valence-electron chi connectivity index (χ2n) is 5.84. The molecule has 1 aromatic carbocycles. The van der Waals surface area contributed by atoms with Gasteiger partial charge >= 0.3 is 0 Å². The lowest BCUT2D eigenvalue weighted by molar-refractivity contribution is 0.372. The standard InChI is InChI=1S/C15H22N2/c1-10(2)7-17-15-12-6-4-3-5-11(12)13-8-16-9-14(13)15/h3-6,10,13-17H,7-9H2,1-2H3/t13-,14-,15?/m0/s1. The molecule has 1 unspecified atom stereocenters. The molecule has 1 aliphatic carbocycles. The van der Waals surface area contributed by atoms with Crippen LogP contribution in [0.3, 0.4) is 0 Å². The van der Waals surface area contributed by atoms with Gasteiger partial charge in [-0.15, -0.1) is 0 Å². The lowest BCUT2D eigenvalue weighted by atomic mass is 9.94. The topological polar surface area (TPSA) is 24.1 Å². The van der Waals surface area contributed by atoms with Gasteiger partial charge in [-0.25, -0.2) is 0 Å². The zero-order valence-electron chi connectivity index (χ0n) is 10.7. The van der Waals surface area contributed by atoms with Gasteiger partial charge in [-0.1, -0.05) is 38.1 Å². The number of hydrogen-bond donors (Lipinski definition) is 2. The molecule has 0 spiro atoms. The molecule has 1 fully saturated rings. The van der Waals surface area contributed by atoms with Crippen molar-refractivity contribution in [2.24, 2.45) is 11.8 Å². The summed E-state index contributed by atoms with van der Waals surface area (Å²) in [5.41, 5.74) is 3.12. The molecule has 2 aliphatic rings. The van der Waals surface area contributed by atoms with Crippen molar-refractivity contribution in [2.75, 3.05) is 19.6 Å². The molecule has 0 aromatic heterocycles. The Morgan fingerprint density at radius 3 is 2.76 bits per heavy atom. The van der Waals surface area contributed by atoms with Gasteiger partial charge in [-0.2, -0.15) is 0 Å². The van der Waals surface area contributed by atoms with Crippen LogP contribution in [0.2, 0.25) is 0 Å². The number of benzene rings is 1. The van der Waals surface area contributed by atoms with Gasteiger partial charge in [0.15, 0.2) is 0 Å². The van der Waals surface area contributed by atoms with Crippen molar-refractivity contribution in [2.45, 2.75) is 25.8 Å². The Hall–Kier alpha value is -0.860. The highest BCUT2D eigenvalue weighted by Crippen LogP contribution is 2.46. The van der Waals surface area contributed by atoms with E-state index >= 15 is 0 Å². The van der Waals surface area contributed by atoms with E-state index < -0.39 is 0 Å². The molecule has 2 N–H and O–H groups in total. The molecule has 92 valence electrons. The fraction of sp³-hybridized carbons (Fsp3) is 0.600. The predicted molar refractivity (Wildman–Crippen MR) is 71.1 cm³/mol. The monoisotopic (exact) mass is 230 g/mol. The summed E-state index contributed by atoms with van der Waals surface area (Å²) in [6, 6.07) is 9.55. The van der Waals surface area contributed by atoms with Crippen molar-refractivity contribution in [3.63, 3.8) is 0 Å². The van der Waals surface area contributed by atoms with Crippen molar-refractivity contribution in [1.82, 2.24) is 10.6 Å². The van der Waals surface area contributed by atoms with Crippen LogP contribution in [0.25, 0.3) is 0 Å². The molecule has 1 aromatic rings. The van der Waals surface area contributed by atoms with Crippen LogP contribution in [-0.2, 0) is 0 Å². The van der Waals surface area contributed by atoms with Gasteiger partial charge in [-0.3, -0.25) is 0 Å². The Morgan fingerprint density at radius 1 is 1.24 bits per heavy atom. The van der Waals surface area contributed by atoms with Crippen LogP contribution in [0, 0.1) is 11.8 Å². The van der Waals surface area contributed by atoms with Crippen molar-refractivity contribution in [3.8, 4) is 0 Å². The van der Waals surface area contributed by atoms with Gasteiger partial charge in [0.05, 0.1) is 0 Å². The van der Waals surface area contributed by atoms with E-state index in [0.717, 1.165) is 37.4 Å². The van der Waals surface area contributed by atoms with Crippen LogP contribution >= 0.6 is 0 Å². The molecular formula is C15H22N2. The number of rotatable bonds is 3. The number of fused-ring (bicyclic) bond motifs is 3. The summed E-state index contributed by atoms with van der Waals surface area (Å²) in [5.74, 6) is 2.21. The molecule has 0 bridgehead atoms. The number of nitrogens with one attached hydrogen (secondary N) is 2. The van der Waals surface area contributed by atoms with Crippen LogP contribution in [0.1, 0.15) is 36.9 Å². The van der Waals surface area contributed by atoms with Crippen molar-refractivity contribution in [1.29, 1.82) is 0 Å². The second kappa shape index (κ2) is 4.43. The largest absolute Gasteiger partial charge is 0.316 e. The first kappa shape index (κ1) is 11.2. The van der Waals surface area contributed by atoms with Gasteiger partial charge in [-0.05, 0) is 29.5 Å². The molecule has 2 nitrogen and oxygen atoms in total. The molecule has 1 heterocycles. The van der Waals surface area contributed by atoms with E-state index in [1.54, 1.807) is 11.1 Å². The van der Waals surface area contributed by atoms with E-state index in [0.29, 0.717) is 6.04 Å². The van der Waals surface area contributed by atoms with Gasteiger partial charge < -0.3 is 10.6 Å². The average Bonchev–Trinajstić information content (AvgIpc) is 2.87. The molecule has 3 rings (SSSR count). The van der Waals surface area contributed by atoms with E-state index in [1.807, 2.05) is 0 Å². The minimum absolute atomic E-state index is 0.564. The van der Waals surface area contributed by atoms with Crippen molar-refractivity contribution in [3.05, 3.63) is 35.4 Å². The maximum atomic E-state index is 3.77. The minimum Gasteiger partial charge on any atom is -0.316 e. The normalized spacial score (nSPS) is 30.6. The summed E-state index contributed by atoms with van der Waals surface area (Å²) < 4.78 is 0. The van der Waals surface area contributed by atoms with Crippen molar-refractivity contribution >= 4 is 0 Å². The van der Waals surface area contributed by atoms with Crippen molar-refractivity contribution < 1.29 is 0 Å². The quantitative estimate of drug-likeness (QED) is 0.832. The summed E-state index contributed by atoms with van der Waals surface area (Å²) in [6.45, 7) is 7.98. The molecule has 0 saturated carbocycles. The third-order valence-corrected chi connectivity index (χ3v) is 4.17. The Kier molecular flexibility index (Phi) is 2.93. The third-order valence-electron chi connectivity index (χ3n) is 4.17. The lowest BCUT2D eigenvalue weighted by Gasteiger charge is -2.21. The predicted octanol–water partition coefficient (Wildman–Crippen LogP) is 2.29. The molecule has 0 amide bonds. The third kappa shape index (κ3) is 1.90. The van der Waals surface area contributed by atoms with E-state index in [1.165, 1.54) is 0 Å². The maximum Gasteiger partial charge on any atom is 0.0370 e. The molecule has 0 radical (unpaired) electrons. The molecule has 17 heavy (non-hydrogen) atoms. The van der Waals surface area contributed by atoms with E-state index in [2.05, 4.69) is 48.7 Å². The first-order valence-electron chi connectivity index (χ1n) is 6.80. The summed E-state index contributed by atoms with van der Waals surface area (Å²) >= 11 is 0. The molecule has 1 aliphatic heterocycles. The Balaban J connectivity index is 1.87. The summed E-state index contributed by atoms with van der Waals surface area (Å²) in [4.78, 5) is 0. The average molecular weight is 230 g/mol. The molecule has 1 saturated heterocycles. The number of hydrogen-bond acceptors (Lipinski definition) is 2. The van der Waals surface area contributed by atoms with Crippen LogP contribution in [0.5, 0.6) is 0 Å². The molecular weight excluding hydrogens is 208 g/mol. The highest BCUT2D eigenvalue weighted by molar-refractivity contribution is 5.41. The maximum absolute atomic E-state index is 3.77. The smallest absolute Gasteiger partial charge is 0.0370 e. The highest BCUT2D eigenvalue weighted by atomic mass is 15.0. The fourth-order valence-electron chi connectivity index (χ4n) is 3.38. The first-order valence-corrected chi connectivity index (χ1v) is 6.80. The zero-order chi connectivity index (χ0) is 11.8. The fourth-order valence-corrected chi connectivity index (χ4v) is 3.38. The van der Waals surface area contributed by atoms with E-state index in [9.17, 15) is 0 Å². The Morgan fingerprint density at radius 2 is 2.00 bits per heavy atom. The Bertz CT molecular complexity index is 400. The minimum atomic E-state index is 0.564. The first-order chi connectivity index (χ1) is 8.27. The molecule has 3 atom stereocenters. The van der Waals surface area contributed by atoms with Crippen LogP contribution in [0.15, 0.2) is 24.3 Å². The van der Waals surface area contributed by atoms with Crippen LogP contribution in [-0.4, -0.2) is 19.6 Å². The molecule has 2 heteroatoms. The highest BCUT2D eigenvalue weighted by Gasteiger charge is 2.42. The SMILES string of the molecule is CC(C)CNC1c2ccccc2[C@@H]2CNC[C@H]12. The Labute approximate surface area is 104 Å². The van der Waals surface area contributed by atoms with Gasteiger partial charge in [0, 0.05) is 25.0 Å². The van der Waals surface area contributed by atoms with Gasteiger partial charge in [0.25, 0.3) is 0 Å². The van der Waals surface area contributed by atoms with E-state index in [4.69, 9.17) is 0 Å². The lowest BCUT2D eigenvalue weighted by Crippen LogP contribution is -2.30. The summed E-state index contributed by atoms with van der Waals surface area (Å²) in [7, 11) is 0. The second-order valence-corrected chi connectivity index (χ2v) is 5.84. The van der Waals surface area contributed by atoms with Gasteiger partial charge in [0.2, 0.25) is 0 Å². The summed E-state index contributed by atoms with van der Waals surface area (Å²) in [6.07, 6.45) is 0. The van der Waals surface area contributed by atoms with Crippen LogP contribution in [0.4, 0.5) is 0 Å². The summed E-state index contributed by atoms with van der Waals surface area (Å²) in [5, 5.41) is 7.31. The van der Waals surface area contributed by atoms with Gasteiger partial charge in [0.1, 0.15) is 0 Å².